The molecular weight excluding hydrogens is 262 g/mol. The highest BCUT2D eigenvalue weighted by atomic mass is 19.1. The van der Waals surface area contributed by atoms with Gasteiger partial charge < -0.3 is 5.73 Å². The third kappa shape index (κ3) is 2.11. The van der Waals surface area contributed by atoms with Gasteiger partial charge in [0, 0.05) is 24.0 Å². The van der Waals surface area contributed by atoms with Crippen molar-refractivity contribution in [2.45, 2.75) is 0 Å². The number of nitrogen functional groups attached to an aromatic ring is 1. The Morgan fingerprint density at radius 2 is 1.60 bits per heavy atom. The van der Waals surface area contributed by atoms with Crippen molar-refractivity contribution < 1.29 is 8.78 Å². The van der Waals surface area contributed by atoms with E-state index in [1.54, 1.807) is 24.5 Å². The van der Waals surface area contributed by atoms with E-state index in [1.807, 2.05) is 0 Å². The molecule has 0 bridgehead atoms. The summed E-state index contributed by atoms with van der Waals surface area (Å²) in [6.07, 6.45) is 3.23. The molecule has 2 aromatic heterocycles. The van der Waals surface area contributed by atoms with Crippen LogP contribution >= 0.6 is 0 Å². The first-order valence-electron chi connectivity index (χ1n) is 5.86. The Bertz CT molecular complexity index is 733. The molecule has 0 fully saturated rings. The molecule has 0 amide bonds. The molecule has 6 heteroatoms. The number of hydrogen-bond acceptors (Lipinski definition) is 3. The van der Waals surface area contributed by atoms with Crippen LogP contribution in [0.1, 0.15) is 0 Å². The molecule has 1 aromatic carbocycles. The fourth-order valence-electron chi connectivity index (χ4n) is 2.07. The second-order valence-electron chi connectivity index (χ2n) is 4.25. The van der Waals surface area contributed by atoms with Gasteiger partial charge in [-0.25, -0.2) is 8.78 Å². The van der Waals surface area contributed by atoms with Gasteiger partial charge in [0.25, 0.3) is 0 Å². The lowest BCUT2D eigenvalue weighted by molar-refractivity contribution is 0.584. The van der Waals surface area contributed by atoms with Crippen LogP contribution in [0.25, 0.3) is 22.4 Å². The first-order valence-corrected chi connectivity index (χ1v) is 5.86. The van der Waals surface area contributed by atoms with E-state index in [0.29, 0.717) is 16.8 Å². The van der Waals surface area contributed by atoms with E-state index in [4.69, 9.17) is 5.73 Å². The van der Waals surface area contributed by atoms with E-state index in [9.17, 15) is 8.78 Å². The third-order valence-electron chi connectivity index (χ3n) is 2.91. The average Bonchev–Trinajstić information content (AvgIpc) is 2.80. The number of nitrogens with zero attached hydrogens (tertiary/aromatic N) is 2. The van der Waals surface area contributed by atoms with Crippen molar-refractivity contribution in [1.29, 1.82) is 0 Å². The SMILES string of the molecule is Nc1n[nH]c(-c2ccncc2)c1-c1cc(F)cc(F)c1. The quantitative estimate of drug-likeness (QED) is 0.753. The lowest BCUT2D eigenvalue weighted by Crippen LogP contribution is -1.91. The number of nitrogens with one attached hydrogen (secondary N) is 1. The van der Waals surface area contributed by atoms with E-state index >= 15 is 0 Å². The van der Waals surface area contributed by atoms with Gasteiger partial charge in [-0.1, -0.05) is 0 Å². The minimum atomic E-state index is -0.665. The lowest BCUT2D eigenvalue weighted by Gasteiger charge is -2.05. The molecule has 0 atom stereocenters. The van der Waals surface area contributed by atoms with Gasteiger partial charge in [-0.3, -0.25) is 10.1 Å². The van der Waals surface area contributed by atoms with Gasteiger partial charge in [0.15, 0.2) is 5.82 Å². The van der Waals surface area contributed by atoms with Crippen molar-refractivity contribution >= 4 is 5.82 Å². The second kappa shape index (κ2) is 4.73. The molecule has 0 spiro atoms. The molecule has 0 aliphatic rings. The summed E-state index contributed by atoms with van der Waals surface area (Å²) >= 11 is 0. The smallest absolute Gasteiger partial charge is 0.153 e. The Kier molecular flexibility index (Phi) is 2.90. The average molecular weight is 272 g/mol. The molecule has 0 radical (unpaired) electrons. The molecule has 3 aromatic rings. The van der Waals surface area contributed by atoms with Gasteiger partial charge in [-0.2, -0.15) is 5.10 Å². The summed E-state index contributed by atoms with van der Waals surface area (Å²) in [5.41, 5.74) is 7.98. The number of halogens is 2. The van der Waals surface area contributed by atoms with Crippen LogP contribution in [0.4, 0.5) is 14.6 Å². The number of nitrogens with two attached hydrogens (primary N) is 1. The van der Waals surface area contributed by atoms with Crippen molar-refractivity contribution in [2.24, 2.45) is 0 Å². The Morgan fingerprint density at radius 3 is 2.25 bits per heavy atom. The normalized spacial score (nSPS) is 10.7. The first kappa shape index (κ1) is 12.3. The van der Waals surface area contributed by atoms with Gasteiger partial charge in [0.05, 0.1) is 11.3 Å². The van der Waals surface area contributed by atoms with Crippen LogP contribution in [-0.4, -0.2) is 15.2 Å². The number of H-pyrrole nitrogens is 1. The van der Waals surface area contributed by atoms with Gasteiger partial charge in [0.1, 0.15) is 11.6 Å². The maximum absolute atomic E-state index is 13.4. The van der Waals surface area contributed by atoms with Gasteiger partial charge >= 0.3 is 0 Å². The second-order valence-corrected chi connectivity index (χ2v) is 4.25. The van der Waals surface area contributed by atoms with Gasteiger partial charge in [-0.05, 0) is 29.8 Å². The number of hydrogen-bond donors (Lipinski definition) is 2. The minimum Gasteiger partial charge on any atom is -0.382 e. The first-order chi connectivity index (χ1) is 9.65. The monoisotopic (exact) mass is 272 g/mol. The topological polar surface area (TPSA) is 67.6 Å². The number of anilines is 1. The maximum Gasteiger partial charge on any atom is 0.153 e. The molecule has 20 heavy (non-hydrogen) atoms. The third-order valence-corrected chi connectivity index (χ3v) is 2.91. The van der Waals surface area contributed by atoms with E-state index < -0.39 is 11.6 Å². The van der Waals surface area contributed by atoms with Crippen molar-refractivity contribution in [1.82, 2.24) is 15.2 Å². The Morgan fingerprint density at radius 1 is 0.950 bits per heavy atom. The molecule has 0 aliphatic carbocycles. The number of aromatic nitrogens is 3. The summed E-state index contributed by atoms with van der Waals surface area (Å²) in [5, 5.41) is 6.70. The molecule has 0 aliphatic heterocycles. The summed E-state index contributed by atoms with van der Waals surface area (Å²) in [4.78, 5) is 3.92. The molecular formula is C14H10F2N4. The predicted octanol–water partition coefficient (Wildman–Crippen LogP) is 3.00. The summed E-state index contributed by atoms with van der Waals surface area (Å²) in [7, 11) is 0. The molecule has 0 saturated heterocycles. The van der Waals surface area contributed by atoms with Gasteiger partial charge in [0.2, 0.25) is 0 Å². The zero-order chi connectivity index (χ0) is 14.1. The van der Waals surface area contributed by atoms with Crippen LogP contribution in [0.5, 0.6) is 0 Å². The van der Waals surface area contributed by atoms with Crippen LogP contribution in [0.2, 0.25) is 0 Å². The van der Waals surface area contributed by atoms with Crippen molar-refractivity contribution in [3.63, 3.8) is 0 Å². The van der Waals surface area contributed by atoms with Gasteiger partial charge in [-0.15, -0.1) is 0 Å². The standard InChI is InChI=1S/C14H10F2N4/c15-10-5-9(6-11(16)7-10)12-13(19-20-14(12)17)8-1-3-18-4-2-8/h1-7H,(H3,17,19,20). The van der Waals surface area contributed by atoms with Crippen molar-refractivity contribution in [2.75, 3.05) is 5.73 Å². The zero-order valence-corrected chi connectivity index (χ0v) is 10.3. The van der Waals surface area contributed by atoms with Crippen LogP contribution in [0.15, 0.2) is 42.7 Å². The Hall–Kier alpha value is -2.76. The fraction of sp³-hybridized carbons (Fsp3) is 0. The van der Waals surface area contributed by atoms with Crippen LogP contribution < -0.4 is 5.73 Å². The molecule has 3 N–H and O–H groups in total. The predicted molar refractivity (Wildman–Crippen MR) is 71.6 cm³/mol. The highest BCUT2D eigenvalue weighted by molar-refractivity contribution is 5.87. The number of pyridine rings is 1. The minimum absolute atomic E-state index is 0.182. The van der Waals surface area contributed by atoms with E-state index in [0.717, 1.165) is 11.6 Å². The van der Waals surface area contributed by atoms with Crippen molar-refractivity contribution in [3.05, 3.63) is 54.4 Å². The lowest BCUT2D eigenvalue weighted by atomic mass is 10.0. The highest BCUT2D eigenvalue weighted by Gasteiger charge is 2.16. The van der Waals surface area contributed by atoms with Crippen LogP contribution in [-0.2, 0) is 0 Å². The Labute approximate surface area is 113 Å². The molecule has 100 valence electrons. The zero-order valence-electron chi connectivity index (χ0n) is 10.3. The molecule has 0 unspecified atom stereocenters. The van der Waals surface area contributed by atoms with E-state index in [-0.39, 0.29) is 5.82 Å². The molecule has 3 rings (SSSR count). The molecule has 4 nitrogen and oxygen atoms in total. The number of rotatable bonds is 2. The summed E-state index contributed by atoms with van der Waals surface area (Å²) in [5.74, 6) is -1.15. The number of benzene rings is 1. The molecule has 2 heterocycles. The highest BCUT2D eigenvalue weighted by Crippen LogP contribution is 2.34. The van der Waals surface area contributed by atoms with Crippen molar-refractivity contribution in [3.8, 4) is 22.4 Å². The fourth-order valence-corrected chi connectivity index (χ4v) is 2.07. The maximum atomic E-state index is 13.4. The number of aromatic amines is 1. The van der Waals surface area contributed by atoms with E-state index in [1.165, 1.54) is 12.1 Å². The Balaban J connectivity index is 2.22. The van der Waals surface area contributed by atoms with Crippen LogP contribution in [0, 0.1) is 11.6 Å². The molecule has 0 saturated carbocycles. The summed E-state index contributed by atoms with van der Waals surface area (Å²) in [6.45, 7) is 0. The summed E-state index contributed by atoms with van der Waals surface area (Å²) < 4.78 is 26.7. The van der Waals surface area contributed by atoms with Crippen LogP contribution in [0.3, 0.4) is 0 Å². The van der Waals surface area contributed by atoms with E-state index in [2.05, 4.69) is 15.2 Å². The largest absolute Gasteiger partial charge is 0.382 e. The summed E-state index contributed by atoms with van der Waals surface area (Å²) in [6, 6.07) is 6.76.